The maximum Gasteiger partial charge on any atom is 0.127 e. The van der Waals surface area contributed by atoms with Crippen LogP contribution in [0.15, 0.2) is 18.2 Å². The standard InChI is InChI=1S/C11H16FNO/c1-8-9(10(12)6-7-13)4-3-5-11(8)14-2/h3-5,10H,6-7,13H2,1-2H3. The molecule has 0 aromatic heterocycles. The number of rotatable bonds is 4. The Bertz CT molecular complexity index is 301. The Hall–Kier alpha value is -1.09. The molecular weight excluding hydrogens is 181 g/mol. The van der Waals surface area contributed by atoms with Crippen LogP contribution in [0.1, 0.15) is 23.7 Å². The molecule has 1 aromatic rings. The summed E-state index contributed by atoms with van der Waals surface area (Å²) in [6, 6.07) is 5.40. The third-order valence-corrected chi connectivity index (χ3v) is 2.30. The van der Waals surface area contributed by atoms with E-state index in [1.165, 1.54) is 0 Å². The van der Waals surface area contributed by atoms with Crippen LogP contribution >= 0.6 is 0 Å². The maximum absolute atomic E-state index is 13.6. The summed E-state index contributed by atoms with van der Waals surface area (Å²) in [7, 11) is 1.59. The molecule has 0 spiro atoms. The number of alkyl halides is 1. The van der Waals surface area contributed by atoms with Gasteiger partial charge in [0.2, 0.25) is 0 Å². The lowest BCUT2D eigenvalue weighted by Gasteiger charge is -2.13. The molecule has 2 N–H and O–H groups in total. The van der Waals surface area contributed by atoms with E-state index in [1.807, 2.05) is 13.0 Å². The van der Waals surface area contributed by atoms with Gasteiger partial charge in [-0.2, -0.15) is 0 Å². The lowest BCUT2D eigenvalue weighted by Crippen LogP contribution is -2.05. The third-order valence-electron chi connectivity index (χ3n) is 2.30. The van der Waals surface area contributed by atoms with Crippen LogP contribution in [0, 0.1) is 6.92 Å². The molecule has 0 bridgehead atoms. The van der Waals surface area contributed by atoms with Gasteiger partial charge in [-0.1, -0.05) is 12.1 Å². The van der Waals surface area contributed by atoms with Crippen molar-refractivity contribution in [2.75, 3.05) is 13.7 Å². The van der Waals surface area contributed by atoms with Gasteiger partial charge in [0.05, 0.1) is 7.11 Å². The van der Waals surface area contributed by atoms with Crippen molar-refractivity contribution in [2.45, 2.75) is 19.5 Å². The van der Waals surface area contributed by atoms with Gasteiger partial charge < -0.3 is 10.5 Å². The second-order valence-corrected chi connectivity index (χ2v) is 3.22. The summed E-state index contributed by atoms with van der Waals surface area (Å²) in [5.41, 5.74) is 6.85. The summed E-state index contributed by atoms with van der Waals surface area (Å²) in [5.74, 6) is 0.724. The first-order chi connectivity index (χ1) is 6.70. The lowest BCUT2D eigenvalue weighted by molar-refractivity contribution is 0.324. The lowest BCUT2D eigenvalue weighted by atomic mass is 10.0. The molecule has 0 radical (unpaired) electrons. The quantitative estimate of drug-likeness (QED) is 0.804. The highest BCUT2D eigenvalue weighted by atomic mass is 19.1. The predicted octanol–water partition coefficient (Wildman–Crippen LogP) is 2.36. The molecule has 0 aliphatic carbocycles. The van der Waals surface area contributed by atoms with Crippen molar-refractivity contribution < 1.29 is 9.13 Å². The number of ether oxygens (including phenoxy) is 1. The second kappa shape index (κ2) is 4.96. The van der Waals surface area contributed by atoms with Gasteiger partial charge in [0.15, 0.2) is 0 Å². The summed E-state index contributed by atoms with van der Waals surface area (Å²) >= 11 is 0. The SMILES string of the molecule is COc1cccc(C(F)CCN)c1C. The topological polar surface area (TPSA) is 35.2 Å². The summed E-state index contributed by atoms with van der Waals surface area (Å²) in [5, 5.41) is 0. The van der Waals surface area contributed by atoms with Crippen molar-refractivity contribution in [3.63, 3.8) is 0 Å². The van der Waals surface area contributed by atoms with Crippen molar-refractivity contribution >= 4 is 0 Å². The average molecular weight is 197 g/mol. The number of hydrogen-bond donors (Lipinski definition) is 1. The Morgan fingerprint density at radius 2 is 2.21 bits per heavy atom. The van der Waals surface area contributed by atoms with Crippen LogP contribution in [0.3, 0.4) is 0 Å². The van der Waals surface area contributed by atoms with E-state index in [4.69, 9.17) is 10.5 Å². The smallest absolute Gasteiger partial charge is 0.127 e. The largest absolute Gasteiger partial charge is 0.496 e. The highest BCUT2D eigenvalue weighted by Crippen LogP contribution is 2.29. The minimum Gasteiger partial charge on any atom is -0.496 e. The predicted molar refractivity (Wildman–Crippen MR) is 55.3 cm³/mol. The van der Waals surface area contributed by atoms with Gasteiger partial charge in [-0.25, -0.2) is 4.39 Å². The molecule has 0 saturated heterocycles. The summed E-state index contributed by atoms with van der Waals surface area (Å²) in [6.07, 6.45) is -0.635. The molecule has 0 aliphatic heterocycles. The Kier molecular flexibility index (Phi) is 3.89. The molecule has 0 amide bonds. The third kappa shape index (κ3) is 2.23. The van der Waals surface area contributed by atoms with Crippen LogP contribution in [0.2, 0.25) is 0 Å². The number of nitrogens with two attached hydrogens (primary N) is 1. The Labute approximate surface area is 83.9 Å². The molecule has 2 nitrogen and oxygen atoms in total. The molecule has 1 atom stereocenters. The Morgan fingerprint density at radius 3 is 2.79 bits per heavy atom. The molecule has 0 fully saturated rings. The van der Waals surface area contributed by atoms with Crippen molar-refractivity contribution in [3.05, 3.63) is 29.3 Å². The fourth-order valence-electron chi connectivity index (χ4n) is 1.49. The van der Waals surface area contributed by atoms with Crippen molar-refractivity contribution in [1.29, 1.82) is 0 Å². The van der Waals surface area contributed by atoms with Crippen LogP contribution in [0.25, 0.3) is 0 Å². The minimum atomic E-state index is -0.991. The average Bonchev–Trinajstić information content (AvgIpc) is 2.18. The monoisotopic (exact) mass is 197 g/mol. The van der Waals surface area contributed by atoms with Gasteiger partial charge in [0.25, 0.3) is 0 Å². The van der Waals surface area contributed by atoms with Gasteiger partial charge in [-0.15, -0.1) is 0 Å². The van der Waals surface area contributed by atoms with Gasteiger partial charge in [-0.05, 0) is 37.1 Å². The first kappa shape index (κ1) is 11.0. The molecule has 1 aromatic carbocycles. The molecule has 78 valence electrons. The molecule has 0 saturated carbocycles. The van der Waals surface area contributed by atoms with Gasteiger partial charge in [-0.3, -0.25) is 0 Å². The molecule has 0 aliphatic rings. The first-order valence-electron chi connectivity index (χ1n) is 4.68. The fourth-order valence-corrected chi connectivity index (χ4v) is 1.49. The summed E-state index contributed by atoms with van der Waals surface area (Å²) in [4.78, 5) is 0. The van der Waals surface area contributed by atoms with Gasteiger partial charge in [0.1, 0.15) is 11.9 Å². The Morgan fingerprint density at radius 1 is 1.50 bits per heavy atom. The Balaban J connectivity index is 2.96. The molecule has 1 rings (SSSR count). The summed E-state index contributed by atoms with van der Waals surface area (Å²) in [6.45, 7) is 2.22. The van der Waals surface area contributed by atoms with Crippen LogP contribution in [-0.4, -0.2) is 13.7 Å². The molecule has 1 unspecified atom stereocenters. The zero-order chi connectivity index (χ0) is 10.6. The fraction of sp³-hybridized carbons (Fsp3) is 0.455. The summed E-state index contributed by atoms with van der Waals surface area (Å²) < 4.78 is 18.7. The van der Waals surface area contributed by atoms with E-state index >= 15 is 0 Å². The van der Waals surface area contributed by atoms with E-state index in [-0.39, 0.29) is 0 Å². The van der Waals surface area contributed by atoms with Gasteiger partial charge in [0, 0.05) is 0 Å². The van der Waals surface area contributed by atoms with E-state index in [0.29, 0.717) is 18.5 Å². The zero-order valence-electron chi connectivity index (χ0n) is 8.59. The van der Waals surface area contributed by atoms with Crippen molar-refractivity contribution in [3.8, 4) is 5.75 Å². The maximum atomic E-state index is 13.6. The minimum absolute atomic E-state index is 0.355. The van der Waals surface area contributed by atoms with Crippen molar-refractivity contribution in [1.82, 2.24) is 0 Å². The molecule has 3 heteroatoms. The van der Waals surface area contributed by atoms with Crippen molar-refractivity contribution in [2.24, 2.45) is 5.73 Å². The second-order valence-electron chi connectivity index (χ2n) is 3.22. The van der Waals surface area contributed by atoms with E-state index in [2.05, 4.69) is 0 Å². The first-order valence-corrected chi connectivity index (χ1v) is 4.68. The van der Waals surface area contributed by atoms with E-state index in [9.17, 15) is 4.39 Å². The number of halogens is 1. The number of benzene rings is 1. The van der Waals surface area contributed by atoms with Crippen LogP contribution in [-0.2, 0) is 0 Å². The number of methoxy groups -OCH3 is 1. The zero-order valence-corrected chi connectivity index (χ0v) is 8.59. The van der Waals surface area contributed by atoms with Crippen LogP contribution < -0.4 is 10.5 Å². The number of hydrogen-bond acceptors (Lipinski definition) is 2. The normalized spacial score (nSPS) is 12.6. The highest BCUT2D eigenvalue weighted by molar-refractivity contribution is 5.40. The van der Waals surface area contributed by atoms with E-state index in [1.54, 1.807) is 19.2 Å². The molecule has 14 heavy (non-hydrogen) atoms. The van der Waals surface area contributed by atoms with Crippen LogP contribution in [0.5, 0.6) is 5.75 Å². The van der Waals surface area contributed by atoms with E-state index < -0.39 is 6.17 Å². The van der Waals surface area contributed by atoms with Crippen LogP contribution in [0.4, 0.5) is 4.39 Å². The van der Waals surface area contributed by atoms with E-state index in [0.717, 1.165) is 11.3 Å². The van der Waals surface area contributed by atoms with Gasteiger partial charge >= 0.3 is 0 Å². The molecular formula is C11H16FNO. The highest BCUT2D eigenvalue weighted by Gasteiger charge is 2.13. The molecule has 0 heterocycles.